The van der Waals surface area contributed by atoms with Gasteiger partial charge in [-0.05, 0) is 52.2 Å². The lowest BCUT2D eigenvalue weighted by molar-refractivity contribution is -0.136. The van der Waals surface area contributed by atoms with Crippen molar-refractivity contribution in [2.75, 3.05) is 7.11 Å². The molecule has 1 aromatic carbocycles. The maximum atomic E-state index is 12.1. The van der Waals surface area contributed by atoms with Crippen LogP contribution in [-0.2, 0) is 9.53 Å². The van der Waals surface area contributed by atoms with Gasteiger partial charge >= 0.3 is 5.97 Å². The molecular formula is C19H28N2O2. The number of hydrogen-bond acceptors (Lipinski definition) is 4. The van der Waals surface area contributed by atoms with Gasteiger partial charge < -0.3 is 15.4 Å². The van der Waals surface area contributed by atoms with E-state index in [2.05, 4.69) is 38.3 Å². The van der Waals surface area contributed by atoms with Crippen LogP contribution in [0.2, 0.25) is 0 Å². The van der Waals surface area contributed by atoms with E-state index in [9.17, 15) is 4.79 Å². The van der Waals surface area contributed by atoms with Gasteiger partial charge in [0.15, 0.2) is 0 Å². The molecule has 1 heterocycles. The molecule has 0 aliphatic carbocycles. The summed E-state index contributed by atoms with van der Waals surface area (Å²) in [7, 11) is 1.42. The Balaban J connectivity index is 2.21. The molecule has 0 unspecified atom stereocenters. The molecule has 0 saturated carbocycles. The lowest BCUT2D eigenvalue weighted by Crippen LogP contribution is -2.61. The van der Waals surface area contributed by atoms with Crippen LogP contribution in [0.15, 0.2) is 36.0 Å². The van der Waals surface area contributed by atoms with Gasteiger partial charge in [0.1, 0.15) is 5.70 Å². The minimum absolute atomic E-state index is 0.0212. The molecule has 4 heteroatoms. The van der Waals surface area contributed by atoms with Crippen LogP contribution in [0.1, 0.15) is 46.1 Å². The van der Waals surface area contributed by atoms with Crippen LogP contribution < -0.4 is 10.6 Å². The summed E-state index contributed by atoms with van der Waals surface area (Å²) in [5, 5.41) is 7.07. The first kappa shape index (κ1) is 17.5. The average molecular weight is 316 g/mol. The van der Waals surface area contributed by atoms with Crippen molar-refractivity contribution in [2.24, 2.45) is 0 Å². The Morgan fingerprint density at radius 3 is 2.26 bits per heavy atom. The average Bonchev–Trinajstić information content (AvgIpc) is 2.43. The lowest BCUT2D eigenvalue weighted by atomic mass is 9.79. The lowest BCUT2D eigenvalue weighted by Gasteiger charge is -2.47. The number of carbonyl (C=O) groups is 1. The van der Waals surface area contributed by atoms with Crippen molar-refractivity contribution in [2.45, 2.75) is 57.7 Å². The topological polar surface area (TPSA) is 50.4 Å². The molecule has 0 atom stereocenters. The monoisotopic (exact) mass is 316 g/mol. The zero-order valence-electron chi connectivity index (χ0n) is 14.8. The molecule has 0 radical (unpaired) electrons. The normalized spacial score (nSPS) is 20.8. The molecule has 1 fully saturated rings. The van der Waals surface area contributed by atoms with E-state index < -0.39 is 0 Å². The Kier molecular flexibility index (Phi) is 5.15. The number of benzene rings is 1. The van der Waals surface area contributed by atoms with Gasteiger partial charge in [0.25, 0.3) is 0 Å². The van der Waals surface area contributed by atoms with E-state index in [1.165, 1.54) is 7.11 Å². The largest absolute Gasteiger partial charge is 0.464 e. The summed E-state index contributed by atoms with van der Waals surface area (Å²) in [5.74, 6) is -0.331. The zero-order valence-corrected chi connectivity index (χ0v) is 14.8. The highest BCUT2D eigenvalue weighted by atomic mass is 16.5. The first-order chi connectivity index (χ1) is 10.7. The Morgan fingerprint density at radius 1 is 1.17 bits per heavy atom. The SMILES string of the molecule is COC(=O)/C(=C\c1ccccc1)NC1CC(C)(C)NC(C)(C)C1. The highest BCUT2D eigenvalue weighted by Crippen LogP contribution is 2.29. The number of carbonyl (C=O) groups excluding carboxylic acids is 1. The van der Waals surface area contributed by atoms with Crippen LogP contribution in [0.3, 0.4) is 0 Å². The first-order valence-electron chi connectivity index (χ1n) is 8.12. The molecule has 0 bridgehead atoms. The van der Waals surface area contributed by atoms with E-state index in [1.807, 2.05) is 36.4 Å². The third-order valence-corrected chi connectivity index (χ3v) is 4.07. The molecule has 4 nitrogen and oxygen atoms in total. The van der Waals surface area contributed by atoms with Gasteiger partial charge in [-0.2, -0.15) is 0 Å². The van der Waals surface area contributed by atoms with Crippen molar-refractivity contribution in [3.05, 3.63) is 41.6 Å². The second kappa shape index (κ2) is 6.75. The molecule has 126 valence electrons. The molecule has 2 N–H and O–H groups in total. The van der Waals surface area contributed by atoms with E-state index in [4.69, 9.17) is 4.74 Å². The summed E-state index contributed by atoms with van der Waals surface area (Å²) in [5.41, 5.74) is 1.53. The molecule has 1 aliphatic heterocycles. The third-order valence-electron chi connectivity index (χ3n) is 4.07. The Hall–Kier alpha value is -1.81. The molecular weight excluding hydrogens is 288 g/mol. The fourth-order valence-corrected chi connectivity index (χ4v) is 3.63. The number of hydrogen-bond donors (Lipinski definition) is 2. The molecule has 1 aliphatic rings. The number of esters is 1. The van der Waals surface area contributed by atoms with Gasteiger partial charge in [0.05, 0.1) is 7.11 Å². The molecule has 2 rings (SSSR count). The van der Waals surface area contributed by atoms with Gasteiger partial charge in [-0.3, -0.25) is 0 Å². The summed E-state index contributed by atoms with van der Waals surface area (Å²) in [6.07, 6.45) is 3.74. The van der Waals surface area contributed by atoms with Crippen LogP contribution >= 0.6 is 0 Å². The minimum Gasteiger partial charge on any atom is -0.464 e. The highest BCUT2D eigenvalue weighted by molar-refractivity contribution is 5.93. The van der Waals surface area contributed by atoms with Crippen LogP contribution in [-0.4, -0.2) is 30.2 Å². The van der Waals surface area contributed by atoms with Crippen LogP contribution in [0.4, 0.5) is 0 Å². The Morgan fingerprint density at radius 2 is 1.74 bits per heavy atom. The van der Waals surface area contributed by atoms with Crippen LogP contribution in [0.25, 0.3) is 6.08 Å². The number of piperidine rings is 1. The molecule has 1 aromatic rings. The predicted octanol–water partition coefficient (Wildman–Crippen LogP) is 3.10. The maximum Gasteiger partial charge on any atom is 0.354 e. The number of nitrogens with one attached hydrogen (secondary N) is 2. The molecule has 23 heavy (non-hydrogen) atoms. The fourth-order valence-electron chi connectivity index (χ4n) is 3.63. The van der Waals surface area contributed by atoms with Gasteiger partial charge in [0.2, 0.25) is 0 Å². The van der Waals surface area contributed by atoms with Gasteiger partial charge in [-0.1, -0.05) is 30.3 Å². The standard InChI is InChI=1S/C19H28N2O2/c1-18(2)12-15(13-19(3,4)21-18)20-16(17(22)23-5)11-14-9-7-6-8-10-14/h6-11,15,20-21H,12-13H2,1-5H3/b16-11+. The molecule has 1 saturated heterocycles. The van der Waals surface area contributed by atoms with E-state index in [1.54, 1.807) is 0 Å². The van der Waals surface area contributed by atoms with Crippen molar-refractivity contribution in [3.8, 4) is 0 Å². The smallest absolute Gasteiger partial charge is 0.354 e. The fraction of sp³-hybridized carbons (Fsp3) is 0.526. The van der Waals surface area contributed by atoms with Crippen molar-refractivity contribution < 1.29 is 9.53 Å². The summed E-state index contributed by atoms with van der Waals surface area (Å²) >= 11 is 0. The molecule has 0 aromatic heterocycles. The zero-order chi connectivity index (χ0) is 17.1. The molecule has 0 spiro atoms. The quantitative estimate of drug-likeness (QED) is 0.662. The Bertz CT molecular complexity index is 560. The van der Waals surface area contributed by atoms with Crippen molar-refractivity contribution >= 4 is 12.0 Å². The third kappa shape index (κ3) is 5.10. The second-order valence-electron chi connectivity index (χ2n) is 7.60. The van der Waals surface area contributed by atoms with Gasteiger partial charge in [-0.25, -0.2) is 4.79 Å². The van der Waals surface area contributed by atoms with Crippen molar-refractivity contribution in [3.63, 3.8) is 0 Å². The van der Waals surface area contributed by atoms with E-state index in [-0.39, 0.29) is 23.1 Å². The number of methoxy groups -OCH3 is 1. The summed E-state index contributed by atoms with van der Waals surface area (Å²) in [6.45, 7) is 8.78. The minimum atomic E-state index is -0.331. The van der Waals surface area contributed by atoms with E-state index >= 15 is 0 Å². The van der Waals surface area contributed by atoms with Crippen LogP contribution in [0.5, 0.6) is 0 Å². The van der Waals surface area contributed by atoms with Crippen molar-refractivity contribution in [1.82, 2.24) is 10.6 Å². The summed E-state index contributed by atoms with van der Waals surface area (Å²) in [6, 6.07) is 10.0. The summed E-state index contributed by atoms with van der Waals surface area (Å²) in [4.78, 5) is 12.1. The van der Waals surface area contributed by atoms with Gasteiger partial charge in [0, 0.05) is 17.1 Å². The first-order valence-corrected chi connectivity index (χ1v) is 8.12. The number of rotatable bonds is 4. The highest BCUT2D eigenvalue weighted by Gasteiger charge is 2.38. The van der Waals surface area contributed by atoms with Gasteiger partial charge in [-0.15, -0.1) is 0 Å². The van der Waals surface area contributed by atoms with Crippen molar-refractivity contribution in [1.29, 1.82) is 0 Å². The predicted molar refractivity (Wildman–Crippen MR) is 93.9 cm³/mol. The summed E-state index contributed by atoms with van der Waals surface area (Å²) < 4.78 is 4.94. The number of ether oxygens (including phenoxy) is 1. The van der Waals surface area contributed by atoms with E-state index in [0.29, 0.717) is 5.70 Å². The Labute approximate surface area is 139 Å². The second-order valence-corrected chi connectivity index (χ2v) is 7.60. The maximum absolute atomic E-state index is 12.1. The van der Waals surface area contributed by atoms with E-state index in [0.717, 1.165) is 18.4 Å². The van der Waals surface area contributed by atoms with Crippen LogP contribution in [0, 0.1) is 0 Å². The molecule has 0 amide bonds.